The third-order valence-corrected chi connectivity index (χ3v) is 4.92. The molecule has 0 aromatic carbocycles. The van der Waals surface area contributed by atoms with E-state index in [1.54, 1.807) is 0 Å². The molecule has 0 amide bonds. The number of imidazole rings is 1. The molecule has 2 aromatic rings. The maximum atomic E-state index is 9.14. The molecule has 0 spiro atoms. The Morgan fingerprint density at radius 3 is 2.74 bits per heavy atom. The summed E-state index contributed by atoms with van der Waals surface area (Å²) < 4.78 is 2.28. The fraction of sp³-hybridized carbons (Fsp3) is 0.600. The van der Waals surface area contributed by atoms with Crippen LogP contribution in [0.25, 0.3) is 4.96 Å². The summed E-state index contributed by atoms with van der Waals surface area (Å²) in [6.07, 6.45) is 5.31. The highest BCUT2D eigenvalue weighted by Gasteiger charge is 2.27. The maximum Gasteiger partial charge on any atom is 0.194 e. The summed E-state index contributed by atoms with van der Waals surface area (Å²) >= 11 is 1.82. The van der Waals surface area contributed by atoms with Gasteiger partial charge in [0, 0.05) is 16.0 Å². The van der Waals surface area contributed by atoms with Gasteiger partial charge >= 0.3 is 0 Å². The van der Waals surface area contributed by atoms with Crippen LogP contribution in [-0.4, -0.2) is 9.38 Å². The smallest absolute Gasteiger partial charge is 0.194 e. The zero-order valence-corrected chi connectivity index (χ0v) is 12.6. The minimum absolute atomic E-state index is 0.000522. The lowest BCUT2D eigenvalue weighted by molar-refractivity contribution is 0.565. The summed E-state index contributed by atoms with van der Waals surface area (Å²) in [5.74, 6) is 0. The highest BCUT2D eigenvalue weighted by molar-refractivity contribution is 7.17. The molecule has 0 saturated carbocycles. The van der Waals surface area contributed by atoms with Gasteiger partial charge in [0.15, 0.2) is 4.96 Å². The average molecular weight is 273 g/mol. The van der Waals surface area contributed by atoms with Gasteiger partial charge in [-0.05, 0) is 25.7 Å². The van der Waals surface area contributed by atoms with Crippen LogP contribution < -0.4 is 0 Å². The molecule has 0 aliphatic heterocycles. The van der Waals surface area contributed by atoms with E-state index in [4.69, 9.17) is 10.2 Å². The van der Waals surface area contributed by atoms with Crippen LogP contribution in [0.3, 0.4) is 0 Å². The average Bonchev–Trinajstić information content (AvgIpc) is 2.86. The van der Waals surface area contributed by atoms with Crippen LogP contribution in [0.5, 0.6) is 0 Å². The topological polar surface area (TPSA) is 41.1 Å². The Kier molecular flexibility index (Phi) is 2.90. The number of aromatic nitrogens is 2. The van der Waals surface area contributed by atoms with Crippen LogP contribution in [-0.2, 0) is 24.7 Å². The van der Waals surface area contributed by atoms with Gasteiger partial charge < -0.3 is 0 Å². The summed E-state index contributed by atoms with van der Waals surface area (Å²) in [6.45, 7) is 6.52. The molecular formula is C15H19N3S. The van der Waals surface area contributed by atoms with E-state index in [1.165, 1.54) is 29.8 Å². The molecule has 0 atom stereocenters. The van der Waals surface area contributed by atoms with Gasteiger partial charge in [-0.2, -0.15) is 5.26 Å². The van der Waals surface area contributed by atoms with E-state index in [2.05, 4.69) is 31.2 Å². The van der Waals surface area contributed by atoms with Gasteiger partial charge in [-0.15, -0.1) is 11.3 Å². The van der Waals surface area contributed by atoms with Crippen molar-refractivity contribution in [3.63, 3.8) is 0 Å². The summed E-state index contributed by atoms with van der Waals surface area (Å²) in [5, 5.41) is 9.14. The second-order valence-corrected chi connectivity index (χ2v) is 7.35. The van der Waals surface area contributed by atoms with Gasteiger partial charge in [-0.3, -0.25) is 4.40 Å². The third-order valence-electron chi connectivity index (χ3n) is 3.77. The van der Waals surface area contributed by atoms with Gasteiger partial charge in [0.2, 0.25) is 0 Å². The van der Waals surface area contributed by atoms with Gasteiger partial charge in [-0.25, -0.2) is 4.98 Å². The second-order valence-electron chi connectivity index (χ2n) is 6.29. The van der Waals surface area contributed by atoms with Gasteiger partial charge in [0.25, 0.3) is 0 Å². The van der Waals surface area contributed by atoms with E-state index in [0.717, 1.165) is 22.8 Å². The summed E-state index contributed by atoms with van der Waals surface area (Å²) in [7, 11) is 0. The Morgan fingerprint density at radius 2 is 2.05 bits per heavy atom. The maximum absolute atomic E-state index is 9.14. The number of hydrogen-bond donors (Lipinski definition) is 0. The van der Waals surface area contributed by atoms with Crippen LogP contribution >= 0.6 is 11.3 Å². The van der Waals surface area contributed by atoms with Gasteiger partial charge in [-0.1, -0.05) is 20.8 Å². The Labute approximate surface area is 117 Å². The fourth-order valence-electron chi connectivity index (χ4n) is 2.93. The summed E-state index contributed by atoms with van der Waals surface area (Å²) in [6, 6.07) is 2.32. The monoisotopic (exact) mass is 273 g/mol. The minimum Gasteiger partial charge on any atom is -0.290 e. The summed E-state index contributed by atoms with van der Waals surface area (Å²) in [4.78, 5) is 7.40. The number of thiazole rings is 1. The van der Waals surface area contributed by atoms with Crippen molar-refractivity contribution in [3.8, 4) is 6.07 Å². The molecule has 3 nitrogen and oxygen atoms in total. The lowest BCUT2D eigenvalue weighted by Gasteiger charge is -2.18. The number of nitrogens with zero attached hydrogens (tertiary/aromatic N) is 3. The van der Waals surface area contributed by atoms with E-state index in [0.29, 0.717) is 6.42 Å². The quantitative estimate of drug-likeness (QED) is 0.796. The largest absolute Gasteiger partial charge is 0.290 e. The van der Waals surface area contributed by atoms with Crippen LogP contribution in [0.2, 0.25) is 0 Å². The molecule has 1 aliphatic carbocycles. The van der Waals surface area contributed by atoms with E-state index in [9.17, 15) is 0 Å². The lowest BCUT2D eigenvalue weighted by Crippen LogP contribution is -2.15. The van der Waals surface area contributed by atoms with Crippen LogP contribution in [0.15, 0.2) is 0 Å². The van der Waals surface area contributed by atoms with E-state index < -0.39 is 0 Å². The van der Waals surface area contributed by atoms with Crippen molar-refractivity contribution in [1.82, 2.24) is 9.38 Å². The fourth-order valence-corrected chi connectivity index (χ4v) is 4.16. The molecule has 0 N–H and O–H groups in total. The first kappa shape index (κ1) is 12.7. The first-order chi connectivity index (χ1) is 9.02. The molecule has 1 aliphatic rings. The highest BCUT2D eigenvalue weighted by Crippen LogP contribution is 2.35. The molecule has 2 heterocycles. The van der Waals surface area contributed by atoms with Crippen molar-refractivity contribution in [3.05, 3.63) is 22.0 Å². The lowest BCUT2D eigenvalue weighted by atomic mass is 9.90. The molecule has 2 aromatic heterocycles. The van der Waals surface area contributed by atoms with Crippen molar-refractivity contribution < 1.29 is 0 Å². The molecule has 0 bridgehead atoms. The molecule has 0 saturated heterocycles. The Hall–Kier alpha value is -1.34. The highest BCUT2D eigenvalue weighted by atomic mass is 32.1. The molecule has 0 radical (unpaired) electrons. The van der Waals surface area contributed by atoms with Gasteiger partial charge in [0.05, 0.1) is 23.9 Å². The zero-order valence-electron chi connectivity index (χ0n) is 11.8. The first-order valence-electron chi connectivity index (χ1n) is 6.91. The first-order valence-corrected chi connectivity index (χ1v) is 7.73. The van der Waals surface area contributed by atoms with Crippen molar-refractivity contribution in [1.29, 1.82) is 5.26 Å². The number of rotatable bonds is 1. The number of fused-ring (bicyclic) bond motifs is 3. The molecule has 3 rings (SSSR count). The molecule has 0 unspecified atom stereocenters. The Balaban J connectivity index is 2.28. The van der Waals surface area contributed by atoms with Crippen LogP contribution in [0.4, 0.5) is 0 Å². The Morgan fingerprint density at radius 1 is 1.32 bits per heavy atom. The minimum atomic E-state index is -0.000522. The molecular weight excluding hydrogens is 254 g/mol. The van der Waals surface area contributed by atoms with Crippen LogP contribution in [0.1, 0.15) is 55.6 Å². The Bertz CT molecular complexity index is 664. The normalized spacial score (nSPS) is 15.5. The van der Waals surface area contributed by atoms with Crippen LogP contribution in [0, 0.1) is 11.3 Å². The van der Waals surface area contributed by atoms with Gasteiger partial charge in [0.1, 0.15) is 0 Å². The zero-order chi connectivity index (χ0) is 13.6. The summed E-state index contributed by atoms with van der Waals surface area (Å²) in [5.41, 5.74) is 3.62. The third kappa shape index (κ3) is 1.97. The van der Waals surface area contributed by atoms with Crippen molar-refractivity contribution >= 4 is 16.3 Å². The van der Waals surface area contributed by atoms with E-state index in [1.807, 2.05) is 11.3 Å². The van der Waals surface area contributed by atoms with E-state index in [-0.39, 0.29) is 5.41 Å². The molecule has 4 heteroatoms. The van der Waals surface area contributed by atoms with Crippen molar-refractivity contribution in [2.24, 2.45) is 0 Å². The number of hydrogen-bond acceptors (Lipinski definition) is 3. The molecule has 19 heavy (non-hydrogen) atoms. The second kappa shape index (κ2) is 4.35. The van der Waals surface area contributed by atoms with Crippen molar-refractivity contribution in [2.45, 2.75) is 58.3 Å². The standard InChI is InChI=1S/C15H19N3S/c1-15(2,3)13-11(8-9-16)18-10-6-4-5-7-12(10)19-14(18)17-13/h4-8H2,1-3H3. The predicted molar refractivity (Wildman–Crippen MR) is 77.7 cm³/mol. The van der Waals surface area contributed by atoms with E-state index >= 15 is 0 Å². The SMILES string of the molecule is CC(C)(C)c1nc2sc3c(n2c1CC#N)CCCC3. The number of aryl methyl sites for hydroxylation is 2. The molecule has 100 valence electrons. The van der Waals surface area contributed by atoms with Crippen molar-refractivity contribution in [2.75, 3.05) is 0 Å². The molecule has 0 fully saturated rings. The predicted octanol–water partition coefficient (Wildman–Crippen LogP) is 3.64. The number of nitriles is 1.